The van der Waals surface area contributed by atoms with Gasteiger partial charge < -0.3 is 10.6 Å². The number of urea groups is 1. The molecule has 0 radical (unpaired) electrons. The molecule has 0 saturated carbocycles. The third-order valence-electron chi connectivity index (χ3n) is 3.19. The molecule has 2 aromatic rings. The van der Waals surface area contributed by atoms with Gasteiger partial charge in [-0.3, -0.25) is 0 Å². The molecule has 0 unspecified atom stereocenters. The predicted octanol–water partition coefficient (Wildman–Crippen LogP) is 4.48. The molecule has 0 bridgehead atoms. The molecule has 21 heavy (non-hydrogen) atoms. The summed E-state index contributed by atoms with van der Waals surface area (Å²) in [6, 6.07) is 17.2. The predicted molar refractivity (Wildman–Crippen MR) is 87.8 cm³/mol. The van der Waals surface area contributed by atoms with Crippen LogP contribution < -0.4 is 10.6 Å². The molecule has 2 aromatic carbocycles. The zero-order chi connectivity index (χ0) is 15.1. The van der Waals surface area contributed by atoms with Gasteiger partial charge in [-0.2, -0.15) is 0 Å². The summed E-state index contributed by atoms with van der Waals surface area (Å²) in [4.78, 5) is 11.9. The van der Waals surface area contributed by atoms with Gasteiger partial charge in [0.15, 0.2) is 0 Å². The number of hydrogen-bond donors (Lipinski definition) is 2. The lowest BCUT2D eigenvalue weighted by Gasteiger charge is -2.14. The summed E-state index contributed by atoms with van der Waals surface area (Å²) in [5.41, 5.74) is 2.01. The van der Waals surface area contributed by atoms with E-state index in [0.717, 1.165) is 18.5 Å². The second kappa shape index (κ2) is 7.70. The van der Waals surface area contributed by atoms with E-state index >= 15 is 0 Å². The summed E-state index contributed by atoms with van der Waals surface area (Å²) >= 11 is 5.80. The minimum atomic E-state index is -0.196. The first-order valence-electron chi connectivity index (χ1n) is 7.00. The lowest BCUT2D eigenvalue weighted by atomic mass is 10.1. The zero-order valence-electron chi connectivity index (χ0n) is 12.0. The normalized spacial score (nSPS) is 11.7. The van der Waals surface area contributed by atoms with Crippen LogP contribution in [0.1, 0.15) is 18.9 Å². The standard InChI is InChI=1S/C17H19ClN2O/c1-13(7-8-14-5-3-2-4-6-14)19-17(21)20-16-11-9-15(18)10-12-16/h2-6,9-13H,7-8H2,1H3,(H2,19,20,21)/t13-/m1/s1. The maximum atomic E-state index is 11.9. The number of halogens is 1. The third kappa shape index (κ3) is 5.48. The van der Waals surface area contributed by atoms with Gasteiger partial charge in [-0.05, 0) is 49.6 Å². The monoisotopic (exact) mass is 302 g/mol. The molecule has 2 N–H and O–H groups in total. The van der Waals surface area contributed by atoms with E-state index in [9.17, 15) is 4.79 Å². The molecule has 0 aliphatic rings. The molecule has 4 heteroatoms. The van der Waals surface area contributed by atoms with E-state index in [1.165, 1.54) is 5.56 Å². The van der Waals surface area contributed by atoms with Crippen molar-refractivity contribution >= 4 is 23.3 Å². The van der Waals surface area contributed by atoms with Crippen LogP contribution in [0.15, 0.2) is 54.6 Å². The fraction of sp³-hybridized carbons (Fsp3) is 0.235. The molecule has 2 amide bonds. The second-order valence-corrected chi connectivity index (χ2v) is 5.47. The number of nitrogens with one attached hydrogen (secondary N) is 2. The molecule has 0 saturated heterocycles. The third-order valence-corrected chi connectivity index (χ3v) is 3.44. The topological polar surface area (TPSA) is 41.1 Å². The van der Waals surface area contributed by atoms with Gasteiger partial charge in [0.25, 0.3) is 0 Å². The fourth-order valence-electron chi connectivity index (χ4n) is 2.02. The summed E-state index contributed by atoms with van der Waals surface area (Å²) < 4.78 is 0. The SMILES string of the molecule is C[C@H](CCc1ccccc1)NC(=O)Nc1ccc(Cl)cc1. The molecule has 0 heterocycles. The van der Waals surface area contributed by atoms with Crippen molar-refractivity contribution in [2.24, 2.45) is 0 Å². The molecule has 1 atom stereocenters. The van der Waals surface area contributed by atoms with Crippen LogP contribution >= 0.6 is 11.6 Å². The quantitative estimate of drug-likeness (QED) is 0.840. The lowest BCUT2D eigenvalue weighted by molar-refractivity contribution is 0.248. The van der Waals surface area contributed by atoms with Crippen LogP contribution in [-0.2, 0) is 6.42 Å². The number of carbonyl (C=O) groups excluding carboxylic acids is 1. The number of amides is 2. The number of rotatable bonds is 5. The van der Waals surface area contributed by atoms with E-state index in [1.54, 1.807) is 24.3 Å². The highest BCUT2D eigenvalue weighted by Crippen LogP contribution is 2.13. The Kier molecular flexibility index (Phi) is 5.64. The highest BCUT2D eigenvalue weighted by molar-refractivity contribution is 6.30. The number of benzene rings is 2. The number of hydrogen-bond acceptors (Lipinski definition) is 1. The first-order valence-corrected chi connectivity index (χ1v) is 7.38. The Morgan fingerprint density at radius 2 is 1.76 bits per heavy atom. The number of carbonyl (C=O) groups is 1. The maximum Gasteiger partial charge on any atom is 0.319 e. The van der Waals surface area contributed by atoms with Crippen molar-refractivity contribution < 1.29 is 4.79 Å². The number of aryl methyl sites for hydroxylation is 1. The summed E-state index contributed by atoms with van der Waals surface area (Å²) in [7, 11) is 0. The van der Waals surface area contributed by atoms with E-state index in [4.69, 9.17) is 11.6 Å². The van der Waals surface area contributed by atoms with Crippen LogP contribution in [0.25, 0.3) is 0 Å². The van der Waals surface area contributed by atoms with Crippen molar-refractivity contribution in [2.45, 2.75) is 25.8 Å². The van der Waals surface area contributed by atoms with Crippen LogP contribution in [-0.4, -0.2) is 12.1 Å². The summed E-state index contributed by atoms with van der Waals surface area (Å²) in [6.45, 7) is 2.00. The van der Waals surface area contributed by atoms with Gasteiger partial charge in [-0.15, -0.1) is 0 Å². The van der Waals surface area contributed by atoms with Crippen molar-refractivity contribution in [3.63, 3.8) is 0 Å². The van der Waals surface area contributed by atoms with Crippen LogP contribution in [0.2, 0.25) is 5.02 Å². The van der Waals surface area contributed by atoms with Crippen LogP contribution in [0.3, 0.4) is 0 Å². The number of anilines is 1. The minimum absolute atomic E-state index is 0.109. The maximum absolute atomic E-state index is 11.9. The van der Waals surface area contributed by atoms with Gasteiger partial charge in [0.05, 0.1) is 0 Å². The Labute approximate surface area is 130 Å². The van der Waals surface area contributed by atoms with Gasteiger partial charge in [0.1, 0.15) is 0 Å². The van der Waals surface area contributed by atoms with Crippen LogP contribution in [0, 0.1) is 0 Å². The highest BCUT2D eigenvalue weighted by atomic mass is 35.5. The van der Waals surface area contributed by atoms with E-state index in [-0.39, 0.29) is 12.1 Å². The van der Waals surface area contributed by atoms with Gasteiger partial charge in [0, 0.05) is 16.8 Å². The van der Waals surface area contributed by atoms with Gasteiger partial charge >= 0.3 is 6.03 Å². The molecule has 0 spiro atoms. The van der Waals surface area contributed by atoms with E-state index in [0.29, 0.717) is 5.02 Å². The summed E-state index contributed by atoms with van der Waals surface area (Å²) in [5, 5.41) is 6.37. The molecule has 0 aromatic heterocycles. The Balaban J connectivity index is 1.75. The minimum Gasteiger partial charge on any atom is -0.335 e. The Morgan fingerprint density at radius 1 is 1.10 bits per heavy atom. The summed E-state index contributed by atoms with van der Waals surface area (Å²) in [5.74, 6) is 0. The Bertz CT molecular complexity index is 569. The van der Waals surface area contributed by atoms with Gasteiger partial charge in [-0.1, -0.05) is 41.9 Å². The molecule has 0 aliphatic heterocycles. The molecule has 2 rings (SSSR count). The average molecular weight is 303 g/mol. The largest absolute Gasteiger partial charge is 0.335 e. The van der Waals surface area contributed by atoms with Gasteiger partial charge in [-0.25, -0.2) is 4.79 Å². The smallest absolute Gasteiger partial charge is 0.319 e. The Morgan fingerprint density at radius 3 is 2.43 bits per heavy atom. The zero-order valence-corrected chi connectivity index (χ0v) is 12.7. The molecule has 110 valence electrons. The van der Waals surface area contributed by atoms with Crippen molar-refractivity contribution in [2.75, 3.05) is 5.32 Å². The molecule has 0 fully saturated rings. The van der Waals surface area contributed by atoms with Crippen LogP contribution in [0.4, 0.5) is 10.5 Å². The average Bonchev–Trinajstić information content (AvgIpc) is 2.48. The summed E-state index contributed by atoms with van der Waals surface area (Å²) in [6.07, 6.45) is 1.85. The van der Waals surface area contributed by atoms with Crippen molar-refractivity contribution in [1.29, 1.82) is 0 Å². The second-order valence-electron chi connectivity index (χ2n) is 5.03. The highest BCUT2D eigenvalue weighted by Gasteiger charge is 2.07. The molecule has 3 nitrogen and oxygen atoms in total. The fourth-order valence-corrected chi connectivity index (χ4v) is 2.15. The first-order chi connectivity index (χ1) is 10.1. The molecular formula is C17H19ClN2O. The van der Waals surface area contributed by atoms with Crippen molar-refractivity contribution in [3.05, 3.63) is 65.2 Å². The van der Waals surface area contributed by atoms with E-state index < -0.39 is 0 Å². The first kappa shape index (κ1) is 15.4. The lowest BCUT2D eigenvalue weighted by Crippen LogP contribution is -2.36. The van der Waals surface area contributed by atoms with Gasteiger partial charge in [0.2, 0.25) is 0 Å². The molecule has 0 aliphatic carbocycles. The van der Waals surface area contributed by atoms with Crippen LogP contribution in [0.5, 0.6) is 0 Å². The van der Waals surface area contributed by atoms with Crippen molar-refractivity contribution in [1.82, 2.24) is 5.32 Å². The molecular weight excluding hydrogens is 284 g/mol. The Hall–Kier alpha value is -2.00. The van der Waals surface area contributed by atoms with E-state index in [1.807, 2.05) is 25.1 Å². The van der Waals surface area contributed by atoms with Crippen molar-refractivity contribution in [3.8, 4) is 0 Å². The van der Waals surface area contributed by atoms with E-state index in [2.05, 4.69) is 22.8 Å².